The zero-order valence-corrected chi connectivity index (χ0v) is 23.4. The van der Waals surface area contributed by atoms with Crippen LogP contribution < -0.4 is 5.32 Å². The van der Waals surface area contributed by atoms with E-state index >= 15 is 0 Å². The number of halogens is 1. The molecular formula is C35H37FN2O2. The summed E-state index contributed by atoms with van der Waals surface area (Å²) in [5, 5.41) is 3.09. The van der Waals surface area contributed by atoms with E-state index in [2.05, 4.69) is 5.32 Å². The Morgan fingerprint density at radius 2 is 1.23 bits per heavy atom. The summed E-state index contributed by atoms with van der Waals surface area (Å²) in [5.41, 5.74) is 3.29. The molecule has 1 atom stereocenters. The maximum absolute atomic E-state index is 14.3. The average molecular weight is 537 g/mol. The van der Waals surface area contributed by atoms with E-state index in [9.17, 15) is 14.0 Å². The standard InChI is InChI=1S/C35H37FN2O2/c1-35(2,3)37-34(40)32(23-26-13-7-4-8-14-26)38(25-27-19-21-30(36)22-20-27)33(39)24-31(28-15-9-5-10-16-28)29-17-11-6-12-18-29/h4-22,31-32H,23-25H2,1-3H3,(H,37,40)/t32-/m1/s1. The van der Waals surface area contributed by atoms with Crippen LogP contribution in [0.15, 0.2) is 115 Å². The first kappa shape index (κ1) is 28.8. The Bertz CT molecular complexity index is 1330. The average Bonchev–Trinajstić information content (AvgIpc) is 2.95. The van der Waals surface area contributed by atoms with E-state index in [0.29, 0.717) is 6.42 Å². The second-order valence-corrected chi connectivity index (χ2v) is 11.2. The Hall–Kier alpha value is -4.25. The fourth-order valence-corrected chi connectivity index (χ4v) is 4.88. The normalized spacial score (nSPS) is 12.1. The van der Waals surface area contributed by atoms with Gasteiger partial charge in [-0.15, -0.1) is 0 Å². The van der Waals surface area contributed by atoms with Gasteiger partial charge in [-0.05, 0) is 55.2 Å². The zero-order chi connectivity index (χ0) is 28.5. The number of hydrogen-bond donors (Lipinski definition) is 1. The lowest BCUT2D eigenvalue weighted by atomic mass is 9.87. The number of hydrogen-bond acceptors (Lipinski definition) is 2. The quantitative estimate of drug-likeness (QED) is 0.240. The molecule has 0 bridgehead atoms. The number of nitrogens with zero attached hydrogens (tertiary/aromatic N) is 1. The van der Waals surface area contributed by atoms with Gasteiger partial charge in [0.05, 0.1) is 0 Å². The predicted octanol–water partition coefficient (Wildman–Crippen LogP) is 6.90. The van der Waals surface area contributed by atoms with Gasteiger partial charge < -0.3 is 10.2 Å². The molecule has 4 aromatic carbocycles. The third-order valence-electron chi connectivity index (χ3n) is 6.82. The highest BCUT2D eigenvalue weighted by Crippen LogP contribution is 2.30. The first-order valence-electron chi connectivity index (χ1n) is 13.7. The van der Waals surface area contributed by atoms with Crippen LogP contribution in [-0.2, 0) is 22.6 Å². The van der Waals surface area contributed by atoms with Crippen LogP contribution in [0.25, 0.3) is 0 Å². The van der Waals surface area contributed by atoms with E-state index in [4.69, 9.17) is 0 Å². The monoisotopic (exact) mass is 536 g/mol. The summed E-state index contributed by atoms with van der Waals surface area (Å²) in [5.74, 6) is -0.898. The lowest BCUT2D eigenvalue weighted by Crippen LogP contribution is -2.54. The molecular weight excluding hydrogens is 499 g/mol. The molecule has 40 heavy (non-hydrogen) atoms. The second kappa shape index (κ2) is 13.2. The molecule has 0 unspecified atom stereocenters. The van der Waals surface area contributed by atoms with Crippen LogP contribution in [-0.4, -0.2) is 28.3 Å². The van der Waals surface area contributed by atoms with Crippen molar-refractivity contribution in [1.29, 1.82) is 0 Å². The lowest BCUT2D eigenvalue weighted by Gasteiger charge is -2.35. The Balaban J connectivity index is 1.74. The summed E-state index contributed by atoms with van der Waals surface area (Å²) in [6.45, 7) is 5.97. The molecule has 4 nitrogen and oxygen atoms in total. The number of rotatable bonds is 10. The summed E-state index contributed by atoms with van der Waals surface area (Å²) in [7, 11) is 0. The van der Waals surface area contributed by atoms with Crippen molar-refractivity contribution in [3.63, 3.8) is 0 Å². The molecule has 2 amide bonds. The van der Waals surface area contributed by atoms with E-state index in [1.54, 1.807) is 17.0 Å². The molecule has 1 N–H and O–H groups in total. The second-order valence-electron chi connectivity index (χ2n) is 11.2. The molecule has 0 saturated carbocycles. The van der Waals surface area contributed by atoms with Crippen LogP contribution in [0.5, 0.6) is 0 Å². The molecule has 0 aliphatic carbocycles. The van der Waals surface area contributed by atoms with Gasteiger partial charge in [-0.1, -0.05) is 103 Å². The molecule has 0 fully saturated rings. The van der Waals surface area contributed by atoms with Crippen LogP contribution in [0.3, 0.4) is 0 Å². The van der Waals surface area contributed by atoms with Gasteiger partial charge in [-0.25, -0.2) is 4.39 Å². The summed E-state index contributed by atoms with van der Waals surface area (Å²) in [4.78, 5) is 29.8. The number of carbonyl (C=O) groups is 2. The van der Waals surface area contributed by atoms with Crippen molar-refractivity contribution < 1.29 is 14.0 Å². The third kappa shape index (κ3) is 8.12. The SMILES string of the molecule is CC(C)(C)NC(=O)[C@@H](Cc1ccccc1)N(Cc1ccc(F)cc1)C(=O)CC(c1ccccc1)c1ccccc1. The van der Waals surface area contributed by atoms with Gasteiger partial charge >= 0.3 is 0 Å². The Morgan fingerprint density at radius 1 is 0.725 bits per heavy atom. The molecule has 5 heteroatoms. The smallest absolute Gasteiger partial charge is 0.243 e. The van der Waals surface area contributed by atoms with Crippen molar-refractivity contribution in [3.8, 4) is 0 Å². The van der Waals surface area contributed by atoms with E-state index in [1.807, 2.05) is 112 Å². The van der Waals surface area contributed by atoms with Gasteiger partial charge in [-0.3, -0.25) is 9.59 Å². The predicted molar refractivity (Wildman–Crippen MR) is 158 cm³/mol. The molecule has 206 valence electrons. The van der Waals surface area contributed by atoms with Gasteiger partial charge in [0.1, 0.15) is 11.9 Å². The van der Waals surface area contributed by atoms with Crippen LogP contribution in [0.4, 0.5) is 4.39 Å². The summed E-state index contributed by atoms with van der Waals surface area (Å²) in [6, 6.07) is 35.0. The first-order chi connectivity index (χ1) is 19.2. The molecule has 0 saturated heterocycles. The van der Waals surface area contributed by atoms with E-state index < -0.39 is 11.6 Å². The third-order valence-corrected chi connectivity index (χ3v) is 6.82. The lowest BCUT2D eigenvalue weighted by molar-refractivity contribution is -0.142. The van der Waals surface area contributed by atoms with Crippen LogP contribution in [0, 0.1) is 5.82 Å². The number of carbonyl (C=O) groups excluding carboxylic acids is 2. The van der Waals surface area contributed by atoms with E-state index in [-0.39, 0.29) is 36.5 Å². The number of benzene rings is 4. The molecule has 0 aromatic heterocycles. The molecule has 0 heterocycles. The van der Waals surface area contributed by atoms with Crippen molar-refractivity contribution in [2.24, 2.45) is 0 Å². The van der Waals surface area contributed by atoms with Crippen LogP contribution in [0.1, 0.15) is 55.4 Å². The fourth-order valence-electron chi connectivity index (χ4n) is 4.88. The summed E-state index contributed by atoms with van der Waals surface area (Å²) < 4.78 is 13.7. The van der Waals surface area contributed by atoms with Crippen molar-refractivity contribution in [2.75, 3.05) is 0 Å². The van der Waals surface area contributed by atoms with Gasteiger partial charge in [-0.2, -0.15) is 0 Å². The van der Waals surface area contributed by atoms with E-state index in [0.717, 1.165) is 22.3 Å². The molecule has 0 aliphatic heterocycles. The van der Waals surface area contributed by atoms with Crippen molar-refractivity contribution in [2.45, 2.75) is 57.7 Å². The topological polar surface area (TPSA) is 49.4 Å². The van der Waals surface area contributed by atoms with E-state index in [1.165, 1.54) is 12.1 Å². The maximum atomic E-state index is 14.3. The van der Waals surface area contributed by atoms with Crippen molar-refractivity contribution >= 4 is 11.8 Å². The van der Waals surface area contributed by atoms with Crippen molar-refractivity contribution in [1.82, 2.24) is 10.2 Å². The highest BCUT2D eigenvalue weighted by atomic mass is 19.1. The van der Waals surface area contributed by atoms with Crippen LogP contribution >= 0.6 is 0 Å². The molecule has 4 rings (SSSR count). The fraction of sp³-hybridized carbons (Fsp3) is 0.257. The summed E-state index contributed by atoms with van der Waals surface area (Å²) in [6.07, 6.45) is 0.542. The highest BCUT2D eigenvalue weighted by Gasteiger charge is 2.33. The zero-order valence-electron chi connectivity index (χ0n) is 23.4. The Kier molecular flexibility index (Phi) is 9.49. The minimum atomic E-state index is -0.758. The minimum absolute atomic E-state index is 0.146. The minimum Gasteiger partial charge on any atom is -0.350 e. The molecule has 0 radical (unpaired) electrons. The maximum Gasteiger partial charge on any atom is 0.243 e. The van der Waals surface area contributed by atoms with Gasteiger partial charge in [0, 0.05) is 30.8 Å². The van der Waals surface area contributed by atoms with Gasteiger partial charge in [0.25, 0.3) is 0 Å². The Labute approximate surface area is 236 Å². The first-order valence-corrected chi connectivity index (χ1v) is 13.7. The largest absolute Gasteiger partial charge is 0.350 e. The van der Waals surface area contributed by atoms with Crippen molar-refractivity contribution in [3.05, 3.63) is 143 Å². The van der Waals surface area contributed by atoms with Gasteiger partial charge in [0.2, 0.25) is 11.8 Å². The molecule has 0 aliphatic rings. The van der Waals surface area contributed by atoms with Gasteiger partial charge in [0.15, 0.2) is 0 Å². The number of amides is 2. The molecule has 4 aromatic rings. The Morgan fingerprint density at radius 3 is 1.73 bits per heavy atom. The molecule has 0 spiro atoms. The van der Waals surface area contributed by atoms with Crippen LogP contribution in [0.2, 0.25) is 0 Å². The number of nitrogens with one attached hydrogen (secondary N) is 1. The highest BCUT2D eigenvalue weighted by molar-refractivity contribution is 5.89. The summed E-state index contributed by atoms with van der Waals surface area (Å²) >= 11 is 0.